The maximum atomic E-state index is 13.4. The maximum absolute atomic E-state index is 13.4. The van der Waals surface area contributed by atoms with Crippen LogP contribution in [0.15, 0.2) is 18.2 Å². The van der Waals surface area contributed by atoms with Crippen molar-refractivity contribution >= 4 is 28.9 Å². The van der Waals surface area contributed by atoms with E-state index in [1.807, 2.05) is 20.8 Å². The van der Waals surface area contributed by atoms with E-state index in [0.717, 1.165) is 17.9 Å². The zero-order chi connectivity index (χ0) is 15.4. The predicted molar refractivity (Wildman–Crippen MR) is 85.0 cm³/mol. The van der Waals surface area contributed by atoms with Gasteiger partial charge in [0.25, 0.3) is 0 Å². The van der Waals surface area contributed by atoms with E-state index in [2.05, 4.69) is 20.6 Å². The predicted octanol–water partition coefficient (Wildman–Crippen LogP) is 4.32. The highest BCUT2D eigenvalue weighted by atomic mass is 35.5. The number of rotatable bonds is 5. The van der Waals surface area contributed by atoms with E-state index in [4.69, 9.17) is 11.6 Å². The molecule has 2 aromatic rings. The average molecular weight is 309 g/mol. The largest absolute Gasteiger partial charge is 0.370 e. The molecule has 1 heterocycles. The van der Waals surface area contributed by atoms with Gasteiger partial charge >= 0.3 is 0 Å². The van der Waals surface area contributed by atoms with Gasteiger partial charge in [0, 0.05) is 18.5 Å². The lowest BCUT2D eigenvalue weighted by Gasteiger charge is -2.15. The molecule has 0 saturated carbocycles. The minimum Gasteiger partial charge on any atom is -0.370 e. The monoisotopic (exact) mass is 308 g/mol. The molecule has 0 atom stereocenters. The zero-order valence-corrected chi connectivity index (χ0v) is 13.1. The van der Waals surface area contributed by atoms with Crippen LogP contribution >= 0.6 is 11.6 Å². The molecule has 4 nitrogen and oxygen atoms in total. The molecule has 0 aliphatic heterocycles. The number of nitrogens with zero attached hydrogens (tertiary/aromatic N) is 2. The number of hydrogen-bond acceptors (Lipinski definition) is 4. The first-order valence-electron chi connectivity index (χ1n) is 6.88. The van der Waals surface area contributed by atoms with Crippen molar-refractivity contribution in [2.24, 2.45) is 0 Å². The van der Waals surface area contributed by atoms with E-state index in [0.29, 0.717) is 28.8 Å². The summed E-state index contributed by atoms with van der Waals surface area (Å²) in [5.41, 5.74) is 1.36. The van der Waals surface area contributed by atoms with Crippen LogP contribution in [0.1, 0.15) is 25.2 Å². The maximum Gasteiger partial charge on any atom is 0.139 e. The SMILES string of the molecule is CCNc1nc(CC)nc(Nc2cc(F)ccc2Cl)c1C. The minimum absolute atomic E-state index is 0.351. The number of nitrogens with one attached hydrogen (secondary N) is 2. The Hall–Kier alpha value is -1.88. The molecule has 112 valence electrons. The molecule has 1 aromatic heterocycles. The lowest BCUT2D eigenvalue weighted by Crippen LogP contribution is -2.09. The van der Waals surface area contributed by atoms with Crippen LogP contribution in [0.5, 0.6) is 0 Å². The third-order valence-corrected chi connectivity index (χ3v) is 3.36. The van der Waals surface area contributed by atoms with Crippen LogP contribution in [0.2, 0.25) is 5.02 Å². The van der Waals surface area contributed by atoms with E-state index < -0.39 is 0 Å². The number of halogens is 2. The van der Waals surface area contributed by atoms with Gasteiger partial charge in [0.2, 0.25) is 0 Å². The summed E-state index contributed by atoms with van der Waals surface area (Å²) in [6.45, 7) is 6.66. The molecule has 0 amide bonds. The first-order chi connectivity index (χ1) is 10.0. The van der Waals surface area contributed by atoms with Gasteiger partial charge in [0.15, 0.2) is 0 Å². The van der Waals surface area contributed by atoms with Gasteiger partial charge in [-0.2, -0.15) is 0 Å². The van der Waals surface area contributed by atoms with E-state index >= 15 is 0 Å². The van der Waals surface area contributed by atoms with Crippen LogP contribution in [0.25, 0.3) is 0 Å². The van der Waals surface area contributed by atoms with Crippen LogP contribution in [0, 0.1) is 12.7 Å². The van der Waals surface area contributed by atoms with Gasteiger partial charge < -0.3 is 10.6 Å². The molecule has 0 unspecified atom stereocenters. The molecule has 0 saturated heterocycles. The van der Waals surface area contributed by atoms with Crippen molar-refractivity contribution in [1.29, 1.82) is 0 Å². The summed E-state index contributed by atoms with van der Waals surface area (Å²) >= 11 is 6.08. The number of anilines is 3. The van der Waals surface area contributed by atoms with Crippen molar-refractivity contribution in [3.63, 3.8) is 0 Å². The molecule has 6 heteroatoms. The van der Waals surface area contributed by atoms with Gasteiger partial charge in [-0.05, 0) is 32.0 Å². The highest BCUT2D eigenvalue weighted by Gasteiger charge is 2.11. The highest BCUT2D eigenvalue weighted by Crippen LogP contribution is 2.28. The number of aryl methyl sites for hydroxylation is 1. The fraction of sp³-hybridized carbons (Fsp3) is 0.333. The molecular formula is C15H18ClFN4. The van der Waals surface area contributed by atoms with E-state index in [9.17, 15) is 4.39 Å². The van der Waals surface area contributed by atoms with Crippen LogP contribution in [0.3, 0.4) is 0 Å². The second-order valence-electron chi connectivity index (χ2n) is 4.60. The standard InChI is InChI=1S/C15H18ClFN4/c1-4-13-20-14(18-5-2)9(3)15(21-13)19-12-8-10(17)6-7-11(12)16/h6-8H,4-5H2,1-3H3,(H2,18,19,20,21). The molecular weight excluding hydrogens is 291 g/mol. The van der Waals surface area contributed by atoms with Crippen molar-refractivity contribution < 1.29 is 4.39 Å². The van der Waals surface area contributed by atoms with Gasteiger partial charge in [-0.1, -0.05) is 18.5 Å². The van der Waals surface area contributed by atoms with Crippen molar-refractivity contribution in [1.82, 2.24) is 9.97 Å². The number of aromatic nitrogens is 2. The Kier molecular flexibility index (Phi) is 4.96. The normalized spacial score (nSPS) is 10.5. The van der Waals surface area contributed by atoms with Gasteiger partial charge in [0.1, 0.15) is 23.3 Å². The molecule has 21 heavy (non-hydrogen) atoms. The van der Waals surface area contributed by atoms with Gasteiger partial charge in [-0.15, -0.1) is 0 Å². The van der Waals surface area contributed by atoms with E-state index in [1.54, 1.807) is 0 Å². The van der Waals surface area contributed by atoms with Crippen molar-refractivity contribution in [2.45, 2.75) is 27.2 Å². The molecule has 1 aromatic carbocycles. The van der Waals surface area contributed by atoms with Crippen molar-refractivity contribution in [3.05, 3.63) is 40.4 Å². The smallest absolute Gasteiger partial charge is 0.139 e. The Morgan fingerprint density at radius 2 is 1.90 bits per heavy atom. The molecule has 0 radical (unpaired) electrons. The molecule has 0 aliphatic carbocycles. The molecule has 2 N–H and O–H groups in total. The Bertz CT molecular complexity index is 646. The Morgan fingerprint density at radius 3 is 2.57 bits per heavy atom. The topological polar surface area (TPSA) is 49.8 Å². The summed E-state index contributed by atoms with van der Waals surface area (Å²) in [5, 5.41) is 6.74. The molecule has 0 fully saturated rings. The van der Waals surface area contributed by atoms with Gasteiger partial charge in [-0.3, -0.25) is 0 Å². The summed E-state index contributed by atoms with van der Waals surface area (Å²) in [7, 11) is 0. The van der Waals surface area contributed by atoms with Crippen LogP contribution in [0.4, 0.5) is 21.7 Å². The number of hydrogen-bond donors (Lipinski definition) is 2. The zero-order valence-electron chi connectivity index (χ0n) is 12.3. The first kappa shape index (κ1) is 15.5. The Balaban J connectivity index is 2.43. The Labute approximate surface area is 128 Å². The third kappa shape index (κ3) is 3.61. The molecule has 0 aliphatic rings. The van der Waals surface area contributed by atoms with Gasteiger partial charge in [-0.25, -0.2) is 14.4 Å². The highest BCUT2D eigenvalue weighted by molar-refractivity contribution is 6.33. The second kappa shape index (κ2) is 6.72. The lowest BCUT2D eigenvalue weighted by molar-refractivity contribution is 0.628. The molecule has 0 spiro atoms. The summed E-state index contributed by atoms with van der Waals surface area (Å²) in [4.78, 5) is 8.91. The van der Waals surface area contributed by atoms with Crippen LogP contribution in [-0.4, -0.2) is 16.5 Å². The Morgan fingerprint density at radius 1 is 1.19 bits per heavy atom. The first-order valence-corrected chi connectivity index (χ1v) is 7.26. The fourth-order valence-electron chi connectivity index (χ4n) is 1.90. The van der Waals surface area contributed by atoms with E-state index in [-0.39, 0.29) is 5.82 Å². The van der Waals surface area contributed by atoms with Crippen molar-refractivity contribution in [2.75, 3.05) is 17.2 Å². The summed E-state index contributed by atoms with van der Waals surface area (Å²) in [6, 6.07) is 4.19. The summed E-state index contributed by atoms with van der Waals surface area (Å²) in [6.07, 6.45) is 0.713. The number of benzene rings is 1. The minimum atomic E-state index is -0.351. The summed E-state index contributed by atoms with van der Waals surface area (Å²) < 4.78 is 13.4. The van der Waals surface area contributed by atoms with Gasteiger partial charge in [0.05, 0.1) is 10.7 Å². The lowest BCUT2D eigenvalue weighted by atomic mass is 10.2. The molecule has 2 rings (SSSR count). The quantitative estimate of drug-likeness (QED) is 0.864. The average Bonchev–Trinajstić information content (AvgIpc) is 2.47. The third-order valence-electron chi connectivity index (χ3n) is 3.03. The van der Waals surface area contributed by atoms with Crippen LogP contribution < -0.4 is 10.6 Å². The molecule has 0 bridgehead atoms. The van der Waals surface area contributed by atoms with E-state index in [1.165, 1.54) is 18.2 Å². The second-order valence-corrected chi connectivity index (χ2v) is 5.00. The fourth-order valence-corrected chi connectivity index (χ4v) is 2.07. The van der Waals surface area contributed by atoms with Crippen LogP contribution in [-0.2, 0) is 6.42 Å². The van der Waals surface area contributed by atoms with Crippen molar-refractivity contribution in [3.8, 4) is 0 Å². The summed E-state index contributed by atoms with van der Waals surface area (Å²) in [5.74, 6) is 1.77.